The van der Waals surface area contributed by atoms with Gasteiger partial charge in [0, 0.05) is 18.8 Å². The van der Waals surface area contributed by atoms with Gasteiger partial charge in [-0.3, -0.25) is 9.88 Å². The maximum Gasteiger partial charge on any atom is 0.415 e. The first-order valence-electron chi connectivity index (χ1n) is 8.57. The summed E-state index contributed by atoms with van der Waals surface area (Å²) in [4.78, 5) is 22.4. The molecule has 0 aliphatic carbocycles. The van der Waals surface area contributed by atoms with Gasteiger partial charge in [-0.05, 0) is 46.1 Å². The minimum absolute atomic E-state index is 0.328. The van der Waals surface area contributed by atoms with E-state index in [1.54, 1.807) is 13.2 Å². The molecule has 5 nitrogen and oxygen atoms in total. The van der Waals surface area contributed by atoms with E-state index in [2.05, 4.69) is 9.97 Å². The van der Waals surface area contributed by atoms with E-state index in [0.717, 1.165) is 0 Å². The standard InChI is InChI=1S/C19H26FN3O2S/c1-11(2)8-15-14(20)9-13(10-21-15)16-22-12(3)17(26-16)23(7)18(24)25-19(4,5)6/h9-11H,8H2,1-7H3. The average molecular weight is 380 g/mol. The highest BCUT2D eigenvalue weighted by Gasteiger charge is 2.24. The van der Waals surface area contributed by atoms with Crippen LogP contribution in [0.25, 0.3) is 10.6 Å². The van der Waals surface area contributed by atoms with Gasteiger partial charge in [0.2, 0.25) is 0 Å². The van der Waals surface area contributed by atoms with E-state index in [0.29, 0.717) is 39.3 Å². The molecule has 0 N–H and O–H groups in total. The molecule has 0 fully saturated rings. The fourth-order valence-corrected chi connectivity index (χ4v) is 3.36. The van der Waals surface area contributed by atoms with Gasteiger partial charge in [0.05, 0.1) is 11.4 Å². The summed E-state index contributed by atoms with van der Waals surface area (Å²) >= 11 is 1.31. The maximum absolute atomic E-state index is 14.3. The van der Waals surface area contributed by atoms with E-state index in [4.69, 9.17) is 4.74 Å². The molecule has 2 aromatic rings. The van der Waals surface area contributed by atoms with Gasteiger partial charge in [-0.1, -0.05) is 25.2 Å². The molecule has 0 spiro atoms. The SMILES string of the molecule is Cc1nc(-c2cnc(CC(C)C)c(F)c2)sc1N(C)C(=O)OC(C)(C)C. The van der Waals surface area contributed by atoms with Crippen LogP contribution in [-0.4, -0.2) is 28.7 Å². The number of hydrogen-bond acceptors (Lipinski definition) is 5. The Balaban J connectivity index is 2.27. The van der Waals surface area contributed by atoms with Gasteiger partial charge in [-0.25, -0.2) is 14.2 Å². The highest BCUT2D eigenvalue weighted by molar-refractivity contribution is 7.19. The fourth-order valence-electron chi connectivity index (χ4n) is 2.36. The van der Waals surface area contributed by atoms with Gasteiger partial charge >= 0.3 is 6.09 Å². The van der Waals surface area contributed by atoms with Crippen LogP contribution < -0.4 is 4.90 Å². The molecule has 0 atom stereocenters. The smallest absolute Gasteiger partial charge is 0.415 e. The van der Waals surface area contributed by atoms with E-state index < -0.39 is 11.7 Å². The Labute approximate surface area is 158 Å². The first-order valence-corrected chi connectivity index (χ1v) is 9.38. The molecule has 0 radical (unpaired) electrons. The fraction of sp³-hybridized carbons (Fsp3) is 0.526. The zero-order valence-electron chi connectivity index (χ0n) is 16.4. The monoisotopic (exact) mass is 379 g/mol. The molecule has 26 heavy (non-hydrogen) atoms. The number of pyridine rings is 1. The summed E-state index contributed by atoms with van der Waals surface area (Å²) in [5, 5.41) is 1.29. The first kappa shape index (κ1) is 20.3. The van der Waals surface area contributed by atoms with Crippen LogP contribution in [0.2, 0.25) is 0 Å². The number of halogens is 1. The van der Waals surface area contributed by atoms with Crippen molar-refractivity contribution in [3.8, 4) is 10.6 Å². The predicted molar refractivity (Wildman–Crippen MR) is 103 cm³/mol. The lowest BCUT2D eigenvalue weighted by atomic mass is 10.1. The van der Waals surface area contributed by atoms with Gasteiger partial charge in [0.15, 0.2) is 0 Å². The summed E-state index contributed by atoms with van der Waals surface area (Å²) in [6, 6.07) is 1.46. The Morgan fingerprint density at radius 1 is 1.38 bits per heavy atom. The zero-order valence-corrected chi connectivity index (χ0v) is 17.2. The number of rotatable bonds is 4. The molecular formula is C19H26FN3O2S. The lowest BCUT2D eigenvalue weighted by Gasteiger charge is -2.23. The first-order chi connectivity index (χ1) is 12.0. The van der Waals surface area contributed by atoms with Crippen LogP contribution in [-0.2, 0) is 11.2 Å². The summed E-state index contributed by atoms with van der Waals surface area (Å²) < 4.78 is 19.7. The maximum atomic E-state index is 14.3. The molecule has 2 heterocycles. The van der Waals surface area contributed by atoms with Crippen molar-refractivity contribution in [1.82, 2.24) is 9.97 Å². The summed E-state index contributed by atoms with van der Waals surface area (Å²) in [5.74, 6) is 0.00476. The topological polar surface area (TPSA) is 55.3 Å². The number of carbonyl (C=O) groups is 1. The lowest BCUT2D eigenvalue weighted by Crippen LogP contribution is -2.34. The predicted octanol–water partition coefficient (Wildman–Crippen LogP) is 5.22. The number of nitrogens with zero attached hydrogens (tertiary/aromatic N) is 3. The van der Waals surface area contributed by atoms with Crippen molar-refractivity contribution in [1.29, 1.82) is 0 Å². The van der Waals surface area contributed by atoms with Crippen LogP contribution in [0, 0.1) is 18.7 Å². The quantitative estimate of drug-likeness (QED) is 0.730. The van der Waals surface area contributed by atoms with E-state index in [1.807, 2.05) is 41.5 Å². The van der Waals surface area contributed by atoms with Crippen molar-refractivity contribution in [2.75, 3.05) is 11.9 Å². The Bertz CT molecular complexity index is 797. The number of thiazole rings is 1. The molecule has 0 saturated heterocycles. The summed E-state index contributed by atoms with van der Waals surface area (Å²) in [6.45, 7) is 11.3. The van der Waals surface area contributed by atoms with Crippen LogP contribution in [0.15, 0.2) is 12.3 Å². The third kappa shape index (κ3) is 5.00. The average Bonchev–Trinajstić information content (AvgIpc) is 2.88. The number of amides is 1. The molecule has 0 aromatic carbocycles. The summed E-state index contributed by atoms with van der Waals surface area (Å²) in [5.41, 5.74) is 1.17. The summed E-state index contributed by atoms with van der Waals surface area (Å²) in [6.07, 6.45) is 1.78. The zero-order chi connectivity index (χ0) is 19.6. The molecule has 2 aromatic heterocycles. The Morgan fingerprint density at radius 3 is 2.58 bits per heavy atom. The van der Waals surface area contributed by atoms with Crippen LogP contribution in [0.1, 0.15) is 46.0 Å². The van der Waals surface area contributed by atoms with Crippen LogP contribution >= 0.6 is 11.3 Å². The molecule has 0 saturated carbocycles. The molecule has 2 rings (SSSR count). The second-order valence-corrected chi connectivity index (χ2v) is 8.68. The molecule has 7 heteroatoms. The van der Waals surface area contributed by atoms with E-state index in [9.17, 15) is 9.18 Å². The van der Waals surface area contributed by atoms with Gasteiger partial charge in [0.1, 0.15) is 21.4 Å². The van der Waals surface area contributed by atoms with Gasteiger partial charge in [-0.15, -0.1) is 0 Å². The van der Waals surface area contributed by atoms with E-state index >= 15 is 0 Å². The number of carbonyl (C=O) groups excluding carboxylic acids is 1. The molecule has 0 bridgehead atoms. The molecule has 0 aliphatic rings. The van der Waals surface area contributed by atoms with Crippen molar-refractivity contribution in [3.63, 3.8) is 0 Å². The Morgan fingerprint density at radius 2 is 2.04 bits per heavy atom. The van der Waals surface area contributed by atoms with Crippen molar-refractivity contribution >= 4 is 22.4 Å². The van der Waals surface area contributed by atoms with Crippen LogP contribution in [0.5, 0.6) is 0 Å². The normalized spacial score (nSPS) is 11.7. The number of aromatic nitrogens is 2. The molecule has 1 amide bonds. The largest absolute Gasteiger partial charge is 0.443 e. The number of ether oxygens (including phenoxy) is 1. The lowest BCUT2D eigenvalue weighted by molar-refractivity contribution is 0.0590. The Kier molecular flexibility index (Phi) is 6.01. The number of anilines is 1. The third-order valence-corrected chi connectivity index (χ3v) is 4.79. The van der Waals surface area contributed by atoms with Gasteiger partial charge < -0.3 is 4.74 Å². The van der Waals surface area contributed by atoms with Crippen molar-refractivity contribution in [2.24, 2.45) is 5.92 Å². The minimum Gasteiger partial charge on any atom is -0.443 e. The van der Waals surface area contributed by atoms with Crippen molar-refractivity contribution in [3.05, 3.63) is 29.5 Å². The molecule has 142 valence electrons. The number of hydrogen-bond donors (Lipinski definition) is 0. The molecular weight excluding hydrogens is 353 g/mol. The Hall–Kier alpha value is -2.02. The highest BCUT2D eigenvalue weighted by Crippen LogP contribution is 2.34. The second-order valence-electron chi connectivity index (χ2n) is 7.70. The second kappa shape index (κ2) is 7.70. The van der Waals surface area contributed by atoms with Crippen LogP contribution in [0.4, 0.5) is 14.2 Å². The van der Waals surface area contributed by atoms with Gasteiger partial charge in [-0.2, -0.15) is 0 Å². The van der Waals surface area contributed by atoms with Crippen molar-refractivity contribution in [2.45, 2.75) is 53.6 Å². The van der Waals surface area contributed by atoms with Gasteiger partial charge in [0.25, 0.3) is 0 Å². The third-order valence-electron chi connectivity index (χ3n) is 3.51. The highest BCUT2D eigenvalue weighted by atomic mass is 32.1. The van der Waals surface area contributed by atoms with Crippen LogP contribution in [0.3, 0.4) is 0 Å². The van der Waals surface area contributed by atoms with E-state index in [1.165, 1.54) is 22.3 Å². The molecule has 0 aliphatic heterocycles. The summed E-state index contributed by atoms with van der Waals surface area (Å²) in [7, 11) is 1.64. The molecule has 0 unspecified atom stereocenters. The minimum atomic E-state index is -0.577. The van der Waals surface area contributed by atoms with E-state index in [-0.39, 0.29) is 5.82 Å². The number of aryl methyl sites for hydroxylation is 1. The van der Waals surface area contributed by atoms with Crippen molar-refractivity contribution < 1.29 is 13.9 Å².